The van der Waals surface area contributed by atoms with E-state index in [1.807, 2.05) is 0 Å². The van der Waals surface area contributed by atoms with Gasteiger partial charge in [-0.1, -0.05) is 12.1 Å². The number of aryl methyl sites for hydroxylation is 1. The predicted molar refractivity (Wildman–Crippen MR) is 72.9 cm³/mol. The molecule has 0 spiro atoms. The van der Waals surface area contributed by atoms with Crippen LogP contribution in [0.15, 0.2) is 24.3 Å². The van der Waals surface area contributed by atoms with Gasteiger partial charge in [-0.05, 0) is 38.7 Å². The lowest BCUT2D eigenvalue weighted by molar-refractivity contribution is 0.389. The largest absolute Gasteiger partial charge is 0.344 e. The van der Waals surface area contributed by atoms with E-state index in [2.05, 4.69) is 54.8 Å². The van der Waals surface area contributed by atoms with Crippen molar-refractivity contribution in [2.24, 2.45) is 5.73 Å². The molecule has 0 radical (unpaired) electrons. The minimum absolute atomic E-state index is 0.604. The molecule has 0 aliphatic carbocycles. The summed E-state index contributed by atoms with van der Waals surface area (Å²) in [6.45, 7) is 4.76. The molecule has 0 saturated carbocycles. The van der Waals surface area contributed by atoms with Gasteiger partial charge in [0.2, 0.25) is 0 Å². The molecule has 2 rings (SSSR count). The Morgan fingerprint density at radius 1 is 1.29 bits per heavy atom. The van der Waals surface area contributed by atoms with Crippen molar-refractivity contribution < 1.29 is 0 Å². The molecule has 92 valence electrons. The van der Waals surface area contributed by atoms with Gasteiger partial charge in [0, 0.05) is 36.2 Å². The molecular formula is C14H21N3. The van der Waals surface area contributed by atoms with Crippen LogP contribution in [0, 0.1) is 0 Å². The molecule has 0 aliphatic heterocycles. The van der Waals surface area contributed by atoms with Crippen molar-refractivity contribution in [2.45, 2.75) is 26.6 Å². The summed E-state index contributed by atoms with van der Waals surface area (Å²) in [4.78, 5) is 2.20. The van der Waals surface area contributed by atoms with Crippen LogP contribution >= 0.6 is 0 Å². The maximum atomic E-state index is 5.80. The Balaban J connectivity index is 2.61. The molecule has 0 saturated heterocycles. The van der Waals surface area contributed by atoms with Gasteiger partial charge in [0.25, 0.3) is 0 Å². The second-order valence-corrected chi connectivity index (χ2v) is 4.67. The molecule has 3 heteroatoms. The molecule has 0 atom stereocenters. The third kappa shape index (κ3) is 2.21. The highest BCUT2D eigenvalue weighted by molar-refractivity contribution is 5.84. The molecule has 0 amide bonds. The van der Waals surface area contributed by atoms with Crippen LogP contribution in [0.2, 0.25) is 0 Å². The average molecular weight is 231 g/mol. The van der Waals surface area contributed by atoms with E-state index in [1.165, 1.54) is 22.2 Å². The lowest BCUT2D eigenvalue weighted by atomic mass is 10.1. The Kier molecular flexibility index (Phi) is 3.50. The van der Waals surface area contributed by atoms with E-state index in [-0.39, 0.29) is 0 Å². The molecule has 1 heterocycles. The molecular weight excluding hydrogens is 210 g/mol. The standard InChI is InChI=1S/C14H21N3/c1-4-17-12(10-16(2)3)8-13-11(9-15)6-5-7-14(13)17/h5-8H,4,9-10,15H2,1-3H3. The van der Waals surface area contributed by atoms with E-state index < -0.39 is 0 Å². The highest BCUT2D eigenvalue weighted by atomic mass is 15.1. The molecule has 2 aromatic rings. The molecule has 3 nitrogen and oxygen atoms in total. The zero-order valence-corrected chi connectivity index (χ0v) is 10.9. The van der Waals surface area contributed by atoms with Gasteiger partial charge in [-0.3, -0.25) is 0 Å². The number of hydrogen-bond acceptors (Lipinski definition) is 2. The summed E-state index contributed by atoms with van der Waals surface area (Å²) in [6, 6.07) is 8.66. The lowest BCUT2D eigenvalue weighted by Crippen LogP contribution is -2.14. The predicted octanol–water partition coefficient (Wildman–Crippen LogP) is 2.18. The Morgan fingerprint density at radius 3 is 2.65 bits per heavy atom. The highest BCUT2D eigenvalue weighted by Crippen LogP contribution is 2.24. The van der Waals surface area contributed by atoms with Crippen molar-refractivity contribution in [3.8, 4) is 0 Å². The van der Waals surface area contributed by atoms with E-state index in [9.17, 15) is 0 Å². The van der Waals surface area contributed by atoms with Crippen LogP contribution in [-0.4, -0.2) is 23.6 Å². The van der Waals surface area contributed by atoms with Crippen molar-refractivity contribution in [2.75, 3.05) is 14.1 Å². The number of aromatic nitrogens is 1. The number of rotatable bonds is 4. The number of benzene rings is 1. The molecule has 1 aromatic carbocycles. The first-order valence-corrected chi connectivity index (χ1v) is 6.12. The second kappa shape index (κ2) is 4.90. The van der Waals surface area contributed by atoms with E-state index in [1.54, 1.807) is 0 Å². The summed E-state index contributed by atoms with van der Waals surface area (Å²) < 4.78 is 2.37. The summed E-state index contributed by atoms with van der Waals surface area (Å²) in [7, 11) is 4.20. The second-order valence-electron chi connectivity index (χ2n) is 4.67. The number of nitrogens with zero attached hydrogens (tertiary/aromatic N) is 2. The fourth-order valence-corrected chi connectivity index (χ4v) is 2.41. The molecule has 2 N–H and O–H groups in total. The number of hydrogen-bond donors (Lipinski definition) is 1. The van der Waals surface area contributed by atoms with Gasteiger partial charge in [0.1, 0.15) is 0 Å². The van der Waals surface area contributed by atoms with Crippen molar-refractivity contribution >= 4 is 10.9 Å². The van der Waals surface area contributed by atoms with Gasteiger partial charge in [0.05, 0.1) is 0 Å². The average Bonchev–Trinajstić information content (AvgIpc) is 2.64. The SMILES string of the molecule is CCn1c(CN(C)C)cc2c(CN)cccc21. The van der Waals surface area contributed by atoms with Crippen molar-refractivity contribution in [1.29, 1.82) is 0 Å². The summed E-state index contributed by atoms with van der Waals surface area (Å²) in [5, 5.41) is 1.30. The van der Waals surface area contributed by atoms with Gasteiger partial charge in [-0.2, -0.15) is 0 Å². The zero-order chi connectivity index (χ0) is 12.4. The normalized spacial score (nSPS) is 11.6. The van der Waals surface area contributed by atoms with Gasteiger partial charge in [0.15, 0.2) is 0 Å². The van der Waals surface area contributed by atoms with Crippen molar-refractivity contribution in [1.82, 2.24) is 9.47 Å². The topological polar surface area (TPSA) is 34.2 Å². The fourth-order valence-electron chi connectivity index (χ4n) is 2.41. The van der Waals surface area contributed by atoms with Gasteiger partial charge in [-0.25, -0.2) is 0 Å². The Bertz CT molecular complexity index is 511. The highest BCUT2D eigenvalue weighted by Gasteiger charge is 2.10. The lowest BCUT2D eigenvalue weighted by Gasteiger charge is -2.12. The van der Waals surface area contributed by atoms with Crippen LogP contribution in [0.3, 0.4) is 0 Å². The van der Waals surface area contributed by atoms with Crippen LogP contribution in [0.4, 0.5) is 0 Å². The van der Waals surface area contributed by atoms with Crippen LogP contribution in [-0.2, 0) is 19.6 Å². The third-order valence-electron chi connectivity index (χ3n) is 3.14. The minimum Gasteiger partial charge on any atom is -0.344 e. The Morgan fingerprint density at radius 2 is 2.06 bits per heavy atom. The third-order valence-corrected chi connectivity index (χ3v) is 3.14. The molecule has 0 unspecified atom stereocenters. The minimum atomic E-state index is 0.604. The smallest absolute Gasteiger partial charge is 0.0486 e. The van der Waals surface area contributed by atoms with Crippen LogP contribution in [0.25, 0.3) is 10.9 Å². The molecule has 0 fully saturated rings. The van der Waals surface area contributed by atoms with Crippen LogP contribution in [0.1, 0.15) is 18.2 Å². The first-order chi connectivity index (χ1) is 8.17. The van der Waals surface area contributed by atoms with E-state index in [0.717, 1.165) is 13.1 Å². The zero-order valence-electron chi connectivity index (χ0n) is 10.9. The quantitative estimate of drug-likeness (QED) is 0.875. The monoisotopic (exact) mass is 231 g/mol. The van der Waals surface area contributed by atoms with Gasteiger partial charge in [-0.15, -0.1) is 0 Å². The number of nitrogens with two attached hydrogens (primary N) is 1. The maximum Gasteiger partial charge on any atom is 0.0486 e. The summed E-state index contributed by atoms with van der Waals surface area (Å²) in [5.74, 6) is 0. The number of fused-ring (bicyclic) bond motifs is 1. The summed E-state index contributed by atoms with van der Waals surface area (Å²) in [6.07, 6.45) is 0. The van der Waals surface area contributed by atoms with Crippen LogP contribution < -0.4 is 5.73 Å². The van der Waals surface area contributed by atoms with E-state index in [0.29, 0.717) is 6.54 Å². The molecule has 0 bridgehead atoms. The molecule has 1 aromatic heterocycles. The van der Waals surface area contributed by atoms with Crippen molar-refractivity contribution in [3.05, 3.63) is 35.5 Å². The Hall–Kier alpha value is -1.32. The first-order valence-electron chi connectivity index (χ1n) is 6.12. The summed E-state index contributed by atoms with van der Waals surface area (Å²) in [5.41, 5.74) is 9.68. The first kappa shape index (κ1) is 12.1. The molecule has 0 aliphatic rings. The van der Waals surface area contributed by atoms with Crippen LogP contribution in [0.5, 0.6) is 0 Å². The Labute approximate surface area is 103 Å². The van der Waals surface area contributed by atoms with E-state index in [4.69, 9.17) is 5.73 Å². The molecule has 17 heavy (non-hydrogen) atoms. The van der Waals surface area contributed by atoms with E-state index >= 15 is 0 Å². The fraction of sp³-hybridized carbons (Fsp3) is 0.429. The van der Waals surface area contributed by atoms with Gasteiger partial charge >= 0.3 is 0 Å². The summed E-state index contributed by atoms with van der Waals surface area (Å²) >= 11 is 0. The van der Waals surface area contributed by atoms with Gasteiger partial charge < -0.3 is 15.2 Å². The maximum absolute atomic E-state index is 5.80. The van der Waals surface area contributed by atoms with Crippen molar-refractivity contribution in [3.63, 3.8) is 0 Å².